The summed E-state index contributed by atoms with van der Waals surface area (Å²) in [7, 11) is 0. The van der Waals surface area contributed by atoms with E-state index in [-0.39, 0.29) is 5.54 Å². The molecule has 1 spiro atoms. The van der Waals surface area contributed by atoms with Gasteiger partial charge in [0.2, 0.25) is 0 Å². The van der Waals surface area contributed by atoms with E-state index in [4.69, 9.17) is 4.74 Å². The predicted octanol–water partition coefficient (Wildman–Crippen LogP) is 3.11. The summed E-state index contributed by atoms with van der Waals surface area (Å²) in [6.07, 6.45) is 5.16. The molecule has 0 atom stereocenters. The molecule has 0 radical (unpaired) electrons. The average molecular weight is 203 g/mol. The molecular formula is C13H17NO. The average Bonchev–Trinajstić information content (AvgIpc) is 2.66. The van der Waals surface area contributed by atoms with Crippen LogP contribution >= 0.6 is 0 Å². The van der Waals surface area contributed by atoms with Crippen LogP contribution < -0.4 is 10.1 Å². The third-order valence-electron chi connectivity index (χ3n) is 3.60. The summed E-state index contributed by atoms with van der Waals surface area (Å²) in [6, 6.07) is 6.36. The van der Waals surface area contributed by atoms with E-state index in [1.54, 1.807) is 0 Å². The van der Waals surface area contributed by atoms with Gasteiger partial charge in [0.05, 0.1) is 11.2 Å². The van der Waals surface area contributed by atoms with Crippen molar-refractivity contribution in [3.05, 3.63) is 23.8 Å². The molecule has 1 aliphatic carbocycles. The summed E-state index contributed by atoms with van der Waals surface area (Å²) in [5.74, 6) is 1.01. The molecule has 0 bridgehead atoms. The van der Waals surface area contributed by atoms with Crippen LogP contribution in [-0.4, -0.2) is 12.1 Å². The third-order valence-corrected chi connectivity index (χ3v) is 3.60. The van der Waals surface area contributed by atoms with Crippen molar-refractivity contribution in [2.24, 2.45) is 0 Å². The van der Waals surface area contributed by atoms with Gasteiger partial charge in [0.25, 0.3) is 0 Å². The number of hydrogen-bond donors (Lipinski definition) is 1. The van der Waals surface area contributed by atoms with Crippen LogP contribution in [0.25, 0.3) is 0 Å². The number of benzene rings is 1. The molecule has 1 aromatic carbocycles. The van der Waals surface area contributed by atoms with Crippen LogP contribution in [-0.2, 0) is 0 Å². The molecule has 2 nitrogen and oxygen atoms in total. The Labute approximate surface area is 90.6 Å². The van der Waals surface area contributed by atoms with Gasteiger partial charge in [-0.3, -0.25) is 0 Å². The number of ether oxygens (including phenoxy) is 1. The molecular weight excluding hydrogens is 186 g/mol. The Balaban J connectivity index is 1.94. The van der Waals surface area contributed by atoms with Gasteiger partial charge in [-0.2, -0.15) is 0 Å². The van der Waals surface area contributed by atoms with E-state index in [0.29, 0.717) is 0 Å². The summed E-state index contributed by atoms with van der Waals surface area (Å²) in [5.41, 5.74) is 2.71. The maximum atomic E-state index is 5.85. The van der Waals surface area contributed by atoms with E-state index in [1.165, 1.54) is 36.9 Å². The van der Waals surface area contributed by atoms with E-state index in [9.17, 15) is 0 Å². The van der Waals surface area contributed by atoms with E-state index in [2.05, 4.69) is 30.4 Å². The summed E-state index contributed by atoms with van der Waals surface area (Å²) < 4.78 is 5.85. The van der Waals surface area contributed by atoms with Crippen molar-refractivity contribution in [1.29, 1.82) is 0 Å². The second kappa shape index (κ2) is 3.16. The zero-order valence-corrected chi connectivity index (χ0v) is 9.18. The van der Waals surface area contributed by atoms with Gasteiger partial charge >= 0.3 is 0 Å². The van der Waals surface area contributed by atoms with Crippen LogP contribution in [0.15, 0.2) is 18.2 Å². The third kappa shape index (κ3) is 1.48. The Bertz CT molecular complexity index is 380. The van der Waals surface area contributed by atoms with Crippen LogP contribution in [0.4, 0.5) is 5.69 Å². The molecule has 0 saturated heterocycles. The van der Waals surface area contributed by atoms with Crippen molar-refractivity contribution in [2.45, 2.75) is 38.1 Å². The van der Waals surface area contributed by atoms with Gasteiger partial charge in [0, 0.05) is 0 Å². The van der Waals surface area contributed by atoms with Gasteiger partial charge < -0.3 is 10.1 Å². The molecule has 3 rings (SSSR count). The van der Waals surface area contributed by atoms with Gasteiger partial charge in [-0.1, -0.05) is 18.9 Å². The molecule has 1 heterocycles. The summed E-state index contributed by atoms with van der Waals surface area (Å²) in [6.45, 7) is 2.96. The number of fused-ring (bicyclic) bond motifs is 1. The Morgan fingerprint density at radius 3 is 2.87 bits per heavy atom. The largest absolute Gasteiger partial charge is 0.489 e. The van der Waals surface area contributed by atoms with E-state index < -0.39 is 0 Å². The normalized spacial score (nSPS) is 21.9. The zero-order chi connectivity index (χ0) is 10.3. The lowest BCUT2D eigenvalue weighted by Gasteiger charge is -2.36. The van der Waals surface area contributed by atoms with Crippen molar-refractivity contribution in [2.75, 3.05) is 11.9 Å². The molecule has 1 saturated carbocycles. The molecule has 80 valence electrons. The second-order valence-electron chi connectivity index (χ2n) is 4.90. The van der Waals surface area contributed by atoms with Crippen molar-refractivity contribution in [3.8, 4) is 5.75 Å². The highest BCUT2D eigenvalue weighted by molar-refractivity contribution is 5.61. The van der Waals surface area contributed by atoms with Gasteiger partial charge in [-0.05, 0) is 37.5 Å². The molecule has 2 aliphatic rings. The quantitative estimate of drug-likeness (QED) is 0.699. The topological polar surface area (TPSA) is 21.3 Å². The monoisotopic (exact) mass is 203 g/mol. The molecule has 2 heteroatoms. The lowest BCUT2D eigenvalue weighted by atomic mass is 9.96. The predicted molar refractivity (Wildman–Crippen MR) is 61.5 cm³/mol. The van der Waals surface area contributed by atoms with Crippen molar-refractivity contribution < 1.29 is 4.74 Å². The van der Waals surface area contributed by atoms with Gasteiger partial charge in [0.1, 0.15) is 12.4 Å². The minimum Gasteiger partial charge on any atom is -0.489 e. The van der Waals surface area contributed by atoms with Gasteiger partial charge in [-0.15, -0.1) is 0 Å². The zero-order valence-electron chi connectivity index (χ0n) is 9.18. The Morgan fingerprint density at radius 1 is 1.27 bits per heavy atom. The Hall–Kier alpha value is -1.18. The lowest BCUT2D eigenvalue weighted by molar-refractivity contribution is 0.221. The summed E-state index contributed by atoms with van der Waals surface area (Å²) in [4.78, 5) is 0. The lowest BCUT2D eigenvalue weighted by Crippen LogP contribution is -2.44. The minimum absolute atomic E-state index is 0.237. The molecule has 1 aromatic rings. The number of anilines is 1. The minimum atomic E-state index is 0.237. The number of rotatable bonds is 0. The van der Waals surface area contributed by atoms with E-state index in [1.807, 2.05) is 0 Å². The Kier molecular flexibility index (Phi) is 1.91. The van der Waals surface area contributed by atoms with Crippen LogP contribution in [0.5, 0.6) is 5.75 Å². The SMILES string of the molecule is Cc1ccc2c(c1)NC1(CCCC1)CO2. The highest BCUT2D eigenvalue weighted by atomic mass is 16.5. The highest BCUT2D eigenvalue weighted by Crippen LogP contribution is 2.40. The van der Waals surface area contributed by atoms with Crippen molar-refractivity contribution >= 4 is 5.69 Å². The molecule has 0 aromatic heterocycles. The summed E-state index contributed by atoms with van der Waals surface area (Å²) in [5, 5.41) is 3.69. The van der Waals surface area contributed by atoms with Gasteiger partial charge in [-0.25, -0.2) is 0 Å². The molecule has 1 N–H and O–H groups in total. The van der Waals surface area contributed by atoms with Crippen LogP contribution in [0.3, 0.4) is 0 Å². The fourth-order valence-corrected chi connectivity index (χ4v) is 2.73. The standard InChI is InChI=1S/C13H17NO/c1-10-4-5-12-11(8-10)14-13(9-15-12)6-2-3-7-13/h4-5,8,14H,2-3,6-7,9H2,1H3. The first kappa shape index (κ1) is 9.08. The van der Waals surface area contributed by atoms with Crippen LogP contribution in [0.2, 0.25) is 0 Å². The number of hydrogen-bond acceptors (Lipinski definition) is 2. The van der Waals surface area contributed by atoms with Crippen LogP contribution in [0.1, 0.15) is 31.2 Å². The molecule has 1 fully saturated rings. The van der Waals surface area contributed by atoms with Gasteiger partial charge in [0.15, 0.2) is 0 Å². The molecule has 15 heavy (non-hydrogen) atoms. The highest BCUT2D eigenvalue weighted by Gasteiger charge is 2.37. The maximum Gasteiger partial charge on any atom is 0.142 e. The first-order valence-corrected chi connectivity index (χ1v) is 5.79. The Morgan fingerprint density at radius 2 is 2.07 bits per heavy atom. The fourth-order valence-electron chi connectivity index (χ4n) is 2.73. The first-order valence-electron chi connectivity index (χ1n) is 5.79. The fraction of sp³-hybridized carbons (Fsp3) is 0.538. The van der Waals surface area contributed by atoms with E-state index in [0.717, 1.165) is 12.4 Å². The maximum absolute atomic E-state index is 5.85. The van der Waals surface area contributed by atoms with Crippen molar-refractivity contribution in [3.63, 3.8) is 0 Å². The number of nitrogens with one attached hydrogen (secondary N) is 1. The number of aryl methyl sites for hydroxylation is 1. The second-order valence-corrected chi connectivity index (χ2v) is 4.90. The van der Waals surface area contributed by atoms with E-state index >= 15 is 0 Å². The molecule has 0 unspecified atom stereocenters. The molecule has 0 amide bonds. The first-order chi connectivity index (χ1) is 7.27. The van der Waals surface area contributed by atoms with Crippen molar-refractivity contribution in [1.82, 2.24) is 0 Å². The summed E-state index contributed by atoms with van der Waals surface area (Å²) >= 11 is 0. The molecule has 1 aliphatic heterocycles. The smallest absolute Gasteiger partial charge is 0.142 e. The van der Waals surface area contributed by atoms with Crippen LogP contribution in [0, 0.1) is 6.92 Å².